The number of rotatable bonds is 10. The van der Waals surface area contributed by atoms with E-state index in [1.54, 1.807) is 11.1 Å². The van der Waals surface area contributed by atoms with Crippen molar-refractivity contribution in [2.75, 3.05) is 0 Å². The van der Waals surface area contributed by atoms with Crippen molar-refractivity contribution < 1.29 is 23.3 Å². The molecule has 2 saturated carbocycles. The summed E-state index contributed by atoms with van der Waals surface area (Å²) in [6.07, 6.45) is 19.3. The van der Waals surface area contributed by atoms with Crippen molar-refractivity contribution >= 4 is 53.2 Å². The molecule has 0 aromatic heterocycles. The summed E-state index contributed by atoms with van der Waals surface area (Å²) in [6.45, 7) is 21.7. The Balaban J connectivity index is 0.000000386. The summed E-state index contributed by atoms with van der Waals surface area (Å²) >= 11 is 1.36. The molecule has 0 nitrogen and oxygen atoms in total. The van der Waals surface area contributed by atoms with Crippen LogP contribution in [0.25, 0.3) is 43.8 Å². The van der Waals surface area contributed by atoms with Crippen LogP contribution in [0.5, 0.6) is 0 Å². The predicted octanol–water partition coefficient (Wildman–Crippen LogP) is 18.2. The molecule has 336 valence electrons. The Morgan fingerprint density at radius 1 is 0.500 bits per heavy atom. The molecule has 0 bridgehead atoms. The van der Waals surface area contributed by atoms with Gasteiger partial charge in [0.2, 0.25) is 0 Å². The van der Waals surface area contributed by atoms with Crippen LogP contribution < -0.4 is 0 Å². The molecule has 0 spiro atoms. The molecule has 2 fully saturated rings. The Morgan fingerprint density at radius 3 is 1.15 bits per heavy atom. The van der Waals surface area contributed by atoms with Gasteiger partial charge in [-0.2, -0.15) is 12.1 Å². The Labute approximate surface area is 409 Å². The second-order valence-corrected chi connectivity index (χ2v) is 20.2. The van der Waals surface area contributed by atoms with Crippen LogP contribution in [0.3, 0.4) is 0 Å². The first-order valence-corrected chi connectivity index (χ1v) is 26.8. The first-order chi connectivity index (χ1) is 27.8. The molecule has 2 aliphatic carbocycles. The molecule has 0 heterocycles. The number of fused-ring (bicyclic) bond motifs is 2. The Hall–Kier alpha value is -2.22. The average molecular weight is 965 g/mol. The van der Waals surface area contributed by atoms with Gasteiger partial charge in [-0.15, -0.1) is 93.9 Å². The fourth-order valence-corrected chi connectivity index (χ4v) is 11.2. The summed E-state index contributed by atoms with van der Waals surface area (Å²) in [6, 6.07) is 41.5. The van der Waals surface area contributed by atoms with Gasteiger partial charge in [-0.25, -0.2) is 0 Å². The van der Waals surface area contributed by atoms with Gasteiger partial charge in [0.1, 0.15) is 0 Å². The topological polar surface area (TPSA) is 0 Å². The van der Waals surface area contributed by atoms with Crippen LogP contribution in [0.1, 0.15) is 155 Å². The van der Waals surface area contributed by atoms with Crippen LogP contribution >= 0.6 is 24.8 Å². The molecule has 2 radical (unpaired) electrons. The first-order valence-electron chi connectivity index (χ1n) is 22.7. The van der Waals surface area contributed by atoms with Crippen LogP contribution in [0.4, 0.5) is 0 Å². The van der Waals surface area contributed by atoms with E-state index in [4.69, 9.17) is 0 Å². The van der Waals surface area contributed by atoms with Gasteiger partial charge in [0, 0.05) is 0 Å². The summed E-state index contributed by atoms with van der Waals surface area (Å²) < 4.78 is 0. The maximum atomic E-state index is 3.06. The summed E-state index contributed by atoms with van der Waals surface area (Å²) in [5.41, 5.74) is 12.9. The van der Waals surface area contributed by atoms with Crippen LogP contribution in [0, 0.1) is 25.7 Å². The van der Waals surface area contributed by atoms with Gasteiger partial charge >= 0.3 is 30.2 Å². The number of halogens is 2. The molecular weight excluding hydrogens is 887 g/mol. The SMILES string of the molecule is CCCC1(Cc2cc3c(-c4ccccc4C(C)(C)C)cccc3[cH-]2)CCCC1.CCCC1(Cc2cc3c(-c4ccccc4C(C)(C)C)cccc3[cH-]2)CCCC1.Cl.Cl.[CH3-].[CH3-].[Si]=[Zr]. The molecule has 6 aromatic carbocycles. The van der Waals surface area contributed by atoms with Crippen molar-refractivity contribution in [3.63, 3.8) is 0 Å². The molecule has 0 N–H and O–H groups in total. The van der Waals surface area contributed by atoms with Crippen molar-refractivity contribution in [2.45, 2.75) is 156 Å². The van der Waals surface area contributed by atoms with Gasteiger partial charge in [-0.3, -0.25) is 0 Å². The average Bonchev–Trinajstić information content (AvgIpc) is 4.03. The maximum absolute atomic E-state index is 3.06. The summed E-state index contributed by atoms with van der Waals surface area (Å²) in [7, 11) is 0. The van der Waals surface area contributed by atoms with Gasteiger partial charge < -0.3 is 14.9 Å². The third-order valence-electron chi connectivity index (χ3n) is 13.7. The van der Waals surface area contributed by atoms with E-state index in [-0.39, 0.29) is 50.5 Å². The van der Waals surface area contributed by atoms with E-state index in [1.807, 2.05) is 0 Å². The normalized spacial score (nSPS) is 15.1. The van der Waals surface area contributed by atoms with Crippen LogP contribution in [-0.2, 0) is 47.0 Å². The van der Waals surface area contributed by atoms with Gasteiger partial charge in [0.25, 0.3) is 0 Å². The van der Waals surface area contributed by atoms with Gasteiger partial charge in [0.15, 0.2) is 0 Å². The van der Waals surface area contributed by atoms with E-state index in [0.29, 0.717) is 10.8 Å². The molecule has 62 heavy (non-hydrogen) atoms. The second kappa shape index (κ2) is 24.3. The molecule has 6 aromatic rings. The molecule has 4 heteroatoms. The van der Waals surface area contributed by atoms with E-state index >= 15 is 0 Å². The summed E-state index contributed by atoms with van der Waals surface area (Å²) in [5, 5.41) is 5.67. The quantitative estimate of drug-likeness (QED) is 0.0948. The number of benzene rings is 4. The van der Waals surface area contributed by atoms with Crippen molar-refractivity contribution in [1.82, 2.24) is 0 Å². The number of hydrogen-bond acceptors (Lipinski definition) is 0. The van der Waals surface area contributed by atoms with Gasteiger partial charge in [-0.1, -0.05) is 166 Å². The second-order valence-electron chi connectivity index (χ2n) is 20.2. The Morgan fingerprint density at radius 2 is 0.823 bits per heavy atom. The van der Waals surface area contributed by atoms with Crippen molar-refractivity contribution in [3.05, 3.63) is 146 Å². The molecule has 0 atom stereocenters. The van der Waals surface area contributed by atoms with Crippen molar-refractivity contribution in [2.24, 2.45) is 10.8 Å². The zero-order chi connectivity index (χ0) is 41.6. The van der Waals surface area contributed by atoms with Gasteiger partial charge in [0.05, 0.1) is 0 Å². The van der Waals surface area contributed by atoms with E-state index < -0.39 is 0 Å². The molecule has 0 saturated heterocycles. The summed E-state index contributed by atoms with van der Waals surface area (Å²) in [4.78, 5) is 0. The third kappa shape index (κ3) is 13.0. The van der Waals surface area contributed by atoms with E-state index in [2.05, 4.69) is 171 Å². The Bertz CT molecular complexity index is 2090. The Kier molecular flexibility index (Phi) is 22.0. The standard InChI is InChI=1S/2C28H35.2CH3.2ClH.Si.Zr/c2*1-5-15-28(16-8-9-17-28)20-21-18-22-11-10-13-23(25(22)19-21)24-12-6-7-14-26(24)27(2,3)4;;;;;;/h2*6-7,10-14,18-19H,5,8-9,15-17,20H2,1-4H3;2*1H3;2*1H;;/q4*-1;;;;. The minimum absolute atomic E-state index is 0. The van der Waals surface area contributed by atoms with Crippen molar-refractivity contribution in [1.29, 1.82) is 0 Å². The zero-order valence-corrected chi connectivity index (χ0v) is 45.2. The molecule has 0 amide bonds. The van der Waals surface area contributed by atoms with E-state index in [1.165, 1.54) is 168 Å². The monoisotopic (exact) mass is 962 g/mol. The van der Waals surface area contributed by atoms with Crippen molar-refractivity contribution in [3.8, 4) is 22.3 Å². The number of hydrogen-bond donors (Lipinski definition) is 0. The summed E-state index contributed by atoms with van der Waals surface area (Å²) in [5.74, 6) is 0. The fourth-order valence-electron chi connectivity index (χ4n) is 11.2. The molecule has 2 aliphatic rings. The fraction of sp³-hybridized carbons (Fsp3) is 0.448. The van der Waals surface area contributed by atoms with Crippen LogP contribution in [0.2, 0.25) is 0 Å². The molecular formula is C58H78Cl2SiZr-4. The predicted molar refractivity (Wildman–Crippen MR) is 279 cm³/mol. The van der Waals surface area contributed by atoms with Gasteiger partial charge in [-0.05, 0) is 95.3 Å². The van der Waals surface area contributed by atoms with E-state index in [0.717, 1.165) is 0 Å². The molecule has 0 aliphatic heterocycles. The van der Waals surface area contributed by atoms with E-state index in [9.17, 15) is 0 Å². The molecule has 8 rings (SSSR count). The third-order valence-corrected chi connectivity index (χ3v) is 13.7. The zero-order valence-electron chi connectivity index (χ0n) is 40.1. The van der Waals surface area contributed by atoms with Crippen LogP contribution in [-0.4, -0.2) is 6.88 Å². The first kappa shape index (κ1) is 55.9. The van der Waals surface area contributed by atoms with Crippen LogP contribution in [0.15, 0.2) is 109 Å². The molecule has 0 unspecified atom stereocenters. The minimum atomic E-state index is 0.